The van der Waals surface area contributed by atoms with Gasteiger partial charge in [-0.05, 0) is 55.9 Å². The molecule has 0 radical (unpaired) electrons. The minimum Gasteiger partial charge on any atom is -0.469 e. The van der Waals surface area contributed by atoms with Crippen molar-refractivity contribution in [3.8, 4) is 6.07 Å². The van der Waals surface area contributed by atoms with Crippen molar-refractivity contribution in [2.45, 2.75) is 88.3 Å². The summed E-state index contributed by atoms with van der Waals surface area (Å²) in [4.78, 5) is 12.5. The van der Waals surface area contributed by atoms with Gasteiger partial charge in [0.2, 0.25) is 0 Å². The largest absolute Gasteiger partial charge is 0.469 e. The third kappa shape index (κ3) is 5.81. The van der Waals surface area contributed by atoms with Crippen molar-refractivity contribution in [3.05, 3.63) is 34.5 Å². The third-order valence-electron chi connectivity index (χ3n) is 7.63. The number of hydrogen-bond donors (Lipinski definition) is 2. The summed E-state index contributed by atoms with van der Waals surface area (Å²) in [5, 5.41) is 33.3. The molecule has 2 aliphatic carbocycles. The molecule has 1 heterocycles. The van der Waals surface area contributed by atoms with Crippen LogP contribution in [0.5, 0.6) is 0 Å². The van der Waals surface area contributed by atoms with E-state index in [0.717, 1.165) is 51.4 Å². The summed E-state index contributed by atoms with van der Waals surface area (Å²) in [5.41, 5.74) is -0.106. The average Bonchev–Trinajstić information content (AvgIpc) is 3.38. The fraction of sp³-hybridized carbons (Fsp3) is 0.692. The van der Waals surface area contributed by atoms with Crippen LogP contribution in [0.15, 0.2) is 29.7 Å². The highest BCUT2D eigenvalue weighted by Gasteiger charge is 2.45. The molecule has 0 saturated heterocycles. The number of methoxy groups -OCH3 is 1. The smallest absolute Gasteiger partial charge is 0.305 e. The third-order valence-corrected chi connectivity index (χ3v) is 8.72. The van der Waals surface area contributed by atoms with E-state index >= 15 is 0 Å². The van der Waals surface area contributed by atoms with Crippen molar-refractivity contribution in [1.29, 1.82) is 5.26 Å². The van der Waals surface area contributed by atoms with Crippen molar-refractivity contribution in [2.24, 2.45) is 17.8 Å². The molecule has 1 unspecified atom stereocenters. The highest BCUT2D eigenvalue weighted by molar-refractivity contribution is 7.10. The number of carbonyl (C=O) groups excluding carboxylic acids is 1. The molecule has 5 atom stereocenters. The van der Waals surface area contributed by atoms with Crippen LogP contribution in [0.4, 0.5) is 0 Å². The van der Waals surface area contributed by atoms with Crippen LogP contribution in [0.2, 0.25) is 0 Å². The van der Waals surface area contributed by atoms with Gasteiger partial charge < -0.3 is 14.9 Å². The summed E-state index contributed by atoms with van der Waals surface area (Å²) < 4.78 is 4.67. The number of unbranched alkanes of at least 4 members (excludes halogenated alkanes) is 3. The topological polar surface area (TPSA) is 90.6 Å². The summed E-state index contributed by atoms with van der Waals surface area (Å²) in [7, 11) is 1.41. The van der Waals surface area contributed by atoms with Gasteiger partial charge in [-0.2, -0.15) is 5.26 Å². The molecular formula is C26H37NO4S. The van der Waals surface area contributed by atoms with E-state index in [-0.39, 0.29) is 29.1 Å². The number of ether oxygens (including phenoxy) is 1. The lowest BCUT2D eigenvalue weighted by atomic mass is 9.63. The van der Waals surface area contributed by atoms with Crippen molar-refractivity contribution in [1.82, 2.24) is 0 Å². The summed E-state index contributed by atoms with van der Waals surface area (Å²) in [6.45, 7) is 0. The summed E-state index contributed by atoms with van der Waals surface area (Å²) >= 11 is 1.73. The molecule has 2 N–H and O–H groups in total. The zero-order chi connectivity index (χ0) is 23.0. The molecule has 1 aromatic rings. The predicted octanol–water partition coefficient (Wildman–Crippen LogP) is 5.13. The van der Waals surface area contributed by atoms with Gasteiger partial charge in [0.15, 0.2) is 0 Å². The lowest BCUT2D eigenvalue weighted by Crippen LogP contribution is -2.44. The first-order chi connectivity index (χ1) is 15.5. The molecule has 0 bridgehead atoms. The first kappa shape index (κ1) is 25.0. The Labute approximate surface area is 196 Å². The summed E-state index contributed by atoms with van der Waals surface area (Å²) in [6, 6.07) is 6.60. The number of hydrogen-bond acceptors (Lipinski definition) is 6. The van der Waals surface area contributed by atoms with E-state index in [1.165, 1.54) is 12.0 Å². The number of aliphatic hydroxyl groups is 2. The quantitative estimate of drug-likeness (QED) is 0.257. The van der Waals surface area contributed by atoms with Gasteiger partial charge in [-0.25, -0.2) is 0 Å². The Kier molecular flexibility index (Phi) is 9.34. The summed E-state index contributed by atoms with van der Waals surface area (Å²) in [5.74, 6) is -0.160. The van der Waals surface area contributed by atoms with E-state index in [0.29, 0.717) is 19.3 Å². The first-order valence-electron chi connectivity index (χ1n) is 12.0. The monoisotopic (exact) mass is 459 g/mol. The molecule has 2 saturated carbocycles. The van der Waals surface area contributed by atoms with Gasteiger partial charge in [-0.3, -0.25) is 4.79 Å². The Balaban J connectivity index is 1.51. The van der Waals surface area contributed by atoms with Crippen LogP contribution in [0.1, 0.15) is 75.5 Å². The second-order valence-corrected chi connectivity index (χ2v) is 10.4. The fourth-order valence-electron chi connectivity index (χ4n) is 5.52. The van der Waals surface area contributed by atoms with Crippen LogP contribution < -0.4 is 0 Å². The lowest BCUT2D eigenvalue weighted by Gasteiger charge is -2.45. The Bertz CT molecular complexity index is 780. The van der Waals surface area contributed by atoms with E-state index in [2.05, 4.69) is 34.4 Å². The number of nitrogens with zero attached hydrogens (tertiary/aromatic N) is 1. The molecule has 1 aromatic heterocycles. The molecule has 0 aliphatic heterocycles. The first-order valence-corrected chi connectivity index (χ1v) is 12.9. The van der Waals surface area contributed by atoms with Gasteiger partial charge >= 0.3 is 5.97 Å². The molecule has 6 heteroatoms. The second-order valence-electron chi connectivity index (χ2n) is 9.48. The molecule has 5 nitrogen and oxygen atoms in total. The maximum Gasteiger partial charge on any atom is 0.305 e. The van der Waals surface area contributed by atoms with Crippen molar-refractivity contribution < 1.29 is 19.7 Å². The van der Waals surface area contributed by atoms with Crippen molar-refractivity contribution in [3.63, 3.8) is 0 Å². The molecule has 0 aromatic carbocycles. The van der Waals surface area contributed by atoms with Gasteiger partial charge in [-0.1, -0.05) is 43.9 Å². The lowest BCUT2D eigenvalue weighted by molar-refractivity contribution is -0.140. The van der Waals surface area contributed by atoms with Crippen LogP contribution in [0.25, 0.3) is 0 Å². The van der Waals surface area contributed by atoms with Gasteiger partial charge in [0.1, 0.15) is 0 Å². The maximum atomic E-state index is 11.2. The number of rotatable bonds is 12. The molecule has 0 amide bonds. The SMILES string of the molecule is COC(=O)CCCCCC[C@@H]1[C@@H](/C=C/CC(O)C2(c3cccs3)CCC2)[C@H](O)C[C@H]1C#N. The van der Waals surface area contributed by atoms with Crippen LogP contribution in [0, 0.1) is 29.1 Å². The van der Waals surface area contributed by atoms with E-state index in [1.807, 2.05) is 6.08 Å². The normalized spacial score (nSPS) is 27.7. The van der Waals surface area contributed by atoms with Crippen LogP contribution in [-0.4, -0.2) is 35.5 Å². The number of carbonyl (C=O) groups is 1. The standard InChI is InChI=1S/C26H37NO4S/c1-31-25(30)13-5-3-2-4-9-20-19(18-27)17-22(28)21(20)10-6-11-23(29)26(14-8-15-26)24-12-7-16-32-24/h6-7,10,12,16,19-23,28-29H,2-5,8-9,11,13-15,17H2,1H3/b10-6+/t19-,20-,21+,22+,23?/m0/s1. The minimum absolute atomic E-state index is 0.0269. The molecule has 176 valence electrons. The number of nitriles is 1. The zero-order valence-electron chi connectivity index (χ0n) is 19.1. The fourth-order valence-corrected chi connectivity index (χ4v) is 6.55. The Morgan fingerprint density at radius 3 is 2.78 bits per heavy atom. The van der Waals surface area contributed by atoms with Gasteiger partial charge in [0.05, 0.1) is 31.3 Å². The van der Waals surface area contributed by atoms with E-state index in [9.17, 15) is 20.3 Å². The highest BCUT2D eigenvalue weighted by atomic mass is 32.1. The van der Waals surface area contributed by atoms with Gasteiger partial charge in [0.25, 0.3) is 0 Å². The second kappa shape index (κ2) is 12.0. The molecular weight excluding hydrogens is 422 g/mol. The Hall–Kier alpha value is -1.68. The number of thiophene rings is 1. The molecule has 3 rings (SSSR count). The van der Waals surface area contributed by atoms with E-state index in [4.69, 9.17) is 0 Å². The maximum absolute atomic E-state index is 11.2. The zero-order valence-corrected chi connectivity index (χ0v) is 19.9. The predicted molar refractivity (Wildman–Crippen MR) is 126 cm³/mol. The Morgan fingerprint density at radius 2 is 2.16 bits per heavy atom. The van der Waals surface area contributed by atoms with Crippen molar-refractivity contribution >= 4 is 17.3 Å². The molecule has 32 heavy (non-hydrogen) atoms. The molecule has 0 spiro atoms. The highest BCUT2D eigenvalue weighted by Crippen LogP contribution is 2.49. The minimum atomic E-state index is -0.493. The van der Waals surface area contributed by atoms with Gasteiger partial charge in [0, 0.05) is 22.6 Å². The summed E-state index contributed by atoms with van der Waals surface area (Å²) in [6.07, 6.45) is 12.7. The van der Waals surface area contributed by atoms with Gasteiger partial charge in [-0.15, -0.1) is 11.3 Å². The molecule has 2 aliphatic rings. The average molecular weight is 460 g/mol. The van der Waals surface area contributed by atoms with E-state index < -0.39 is 12.2 Å². The Morgan fingerprint density at radius 1 is 1.38 bits per heavy atom. The number of aliphatic hydroxyl groups excluding tert-OH is 2. The van der Waals surface area contributed by atoms with E-state index in [1.54, 1.807) is 11.3 Å². The molecule has 2 fully saturated rings. The van der Waals surface area contributed by atoms with Crippen LogP contribution in [-0.2, 0) is 14.9 Å². The van der Waals surface area contributed by atoms with Crippen molar-refractivity contribution in [2.75, 3.05) is 7.11 Å². The number of esters is 1. The van der Waals surface area contributed by atoms with Crippen LogP contribution in [0.3, 0.4) is 0 Å². The van der Waals surface area contributed by atoms with Crippen LogP contribution >= 0.6 is 11.3 Å².